The summed E-state index contributed by atoms with van der Waals surface area (Å²) in [5.41, 5.74) is -3.33. The van der Waals surface area contributed by atoms with Crippen molar-refractivity contribution in [3.8, 4) is 0 Å². The SMILES string of the molecule is CC(C)(C)OC(=O)NC(=NCCOC(=O)[C@@H]1[C@H](C(=O)OCCN=C(NC(=O)OC(C)(C)C)NC(=O)OC(C)(C)C)[C@H]2C=C[C@@H]1O2)NC(=O)OC(C)(C)C. The zero-order chi connectivity index (χ0) is 40.4. The van der Waals surface area contributed by atoms with E-state index in [9.17, 15) is 28.8 Å². The average Bonchev–Trinajstić information content (AvgIpc) is 3.55. The molecular weight excluding hydrogens is 700 g/mol. The van der Waals surface area contributed by atoms with Crippen LogP contribution >= 0.6 is 0 Å². The monoisotopic (exact) mass is 754 g/mol. The third-order valence-electron chi connectivity index (χ3n) is 6.13. The fourth-order valence-electron chi connectivity index (χ4n) is 4.49. The van der Waals surface area contributed by atoms with Gasteiger partial charge in [0.25, 0.3) is 0 Å². The molecular formula is C34H54N6O13. The number of rotatable bonds is 8. The smallest absolute Gasteiger partial charge is 0.414 e. The zero-order valence-corrected chi connectivity index (χ0v) is 32.5. The van der Waals surface area contributed by atoms with Crippen LogP contribution in [0.3, 0.4) is 0 Å². The molecule has 0 aromatic carbocycles. The van der Waals surface area contributed by atoms with Gasteiger partial charge in [-0.3, -0.25) is 30.9 Å². The standard InChI is InChI=1S/C34H54N6O13/c1-31(2,3)50-27(43)37-25(38-28(44)51-32(4,5)6)35-15-17-47-23(41)21-19-13-14-20(49-19)22(21)24(42)48-18-16-36-26(39-29(45)52-33(7,8)9)40-30(46)53-34(10,11)12/h13-14,19-22H,15-18H2,1-12H3,(H2,35,37,38,43,44)(H2,36,39,40,45,46)/t19-,20+,21-,22+. The maximum atomic E-state index is 13.2. The van der Waals surface area contributed by atoms with Crippen molar-refractivity contribution < 1.29 is 61.9 Å². The lowest BCUT2D eigenvalue weighted by Crippen LogP contribution is -2.47. The predicted molar refractivity (Wildman–Crippen MR) is 189 cm³/mol. The van der Waals surface area contributed by atoms with E-state index in [-0.39, 0.29) is 38.2 Å². The number of esters is 2. The first kappa shape index (κ1) is 44.2. The molecule has 2 rings (SSSR count). The molecule has 0 saturated carbocycles. The lowest BCUT2D eigenvalue weighted by atomic mass is 9.83. The lowest BCUT2D eigenvalue weighted by molar-refractivity contribution is -0.159. The van der Waals surface area contributed by atoms with Crippen LogP contribution in [0.4, 0.5) is 19.2 Å². The van der Waals surface area contributed by atoms with Gasteiger partial charge in [0.15, 0.2) is 0 Å². The van der Waals surface area contributed by atoms with Crippen molar-refractivity contribution in [3.05, 3.63) is 12.2 Å². The van der Waals surface area contributed by atoms with Gasteiger partial charge >= 0.3 is 36.3 Å². The molecule has 53 heavy (non-hydrogen) atoms. The molecule has 1 saturated heterocycles. The van der Waals surface area contributed by atoms with Crippen LogP contribution in [0.5, 0.6) is 0 Å². The molecule has 0 unspecified atom stereocenters. The van der Waals surface area contributed by atoms with Crippen molar-refractivity contribution in [1.82, 2.24) is 21.3 Å². The number of guanidine groups is 2. The molecule has 0 aromatic heterocycles. The molecule has 2 heterocycles. The van der Waals surface area contributed by atoms with Gasteiger partial charge in [-0.15, -0.1) is 0 Å². The van der Waals surface area contributed by atoms with Crippen molar-refractivity contribution in [1.29, 1.82) is 0 Å². The molecule has 19 nitrogen and oxygen atoms in total. The summed E-state index contributed by atoms with van der Waals surface area (Å²) >= 11 is 0. The Morgan fingerprint density at radius 1 is 0.509 bits per heavy atom. The number of amides is 4. The Labute approximate surface area is 309 Å². The number of nitrogens with zero attached hydrogens (tertiary/aromatic N) is 2. The molecule has 4 atom stereocenters. The van der Waals surface area contributed by atoms with Crippen molar-refractivity contribution >= 4 is 48.2 Å². The summed E-state index contributed by atoms with van der Waals surface area (Å²) in [4.78, 5) is 83.9. The Hall–Kier alpha value is -4.94. The minimum Gasteiger partial charge on any atom is -0.463 e. The Bertz CT molecular complexity index is 1280. The predicted octanol–water partition coefficient (Wildman–Crippen LogP) is 3.45. The summed E-state index contributed by atoms with van der Waals surface area (Å²) in [6, 6.07) is 0. The summed E-state index contributed by atoms with van der Waals surface area (Å²) < 4.78 is 37.4. The van der Waals surface area contributed by atoms with Crippen LogP contribution in [0.15, 0.2) is 22.1 Å². The first-order valence-corrected chi connectivity index (χ1v) is 17.0. The second kappa shape index (κ2) is 18.2. The summed E-state index contributed by atoms with van der Waals surface area (Å²) in [7, 11) is 0. The van der Waals surface area contributed by atoms with Gasteiger partial charge in [0.1, 0.15) is 47.5 Å². The molecule has 0 aliphatic carbocycles. The molecule has 2 aliphatic rings. The van der Waals surface area contributed by atoms with E-state index in [2.05, 4.69) is 31.3 Å². The van der Waals surface area contributed by atoms with Crippen molar-refractivity contribution in [2.45, 2.75) is 118 Å². The highest BCUT2D eigenvalue weighted by molar-refractivity contribution is 6.02. The highest BCUT2D eigenvalue weighted by Gasteiger charge is 2.54. The number of aliphatic imine (C=N–C) groups is 2. The van der Waals surface area contributed by atoms with E-state index in [0.29, 0.717) is 0 Å². The van der Waals surface area contributed by atoms with Gasteiger partial charge in [-0.05, 0) is 83.1 Å². The molecule has 0 radical (unpaired) electrons. The minimum absolute atomic E-state index is 0.200. The number of hydrogen-bond acceptors (Lipinski definition) is 15. The second-order valence-corrected chi connectivity index (χ2v) is 15.8. The highest BCUT2D eigenvalue weighted by atomic mass is 16.6. The average molecular weight is 755 g/mol. The van der Waals surface area contributed by atoms with Crippen LogP contribution in [0.25, 0.3) is 0 Å². The molecule has 2 aliphatic heterocycles. The van der Waals surface area contributed by atoms with Crippen LogP contribution < -0.4 is 21.3 Å². The van der Waals surface area contributed by atoms with E-state index in [1.54, 1.807) is 95.2 Å². The fourth-order valence-corrected chi connectivity index (χ4v) is 4.49. The van der Waals surface area contributed by atoms with Gasteiger partial charge in [0.05, 0.1) is 25.3 Å². The molecule has 0 spiro atoms. The number of fused-ring (bicyclic) bond motifs is 2. The van der Waals surface area contributed by atoms with Crippen LogP contribution in [0.1, 0.15) is 83.1 Å². The third kappa shape index (κ3) is 17.4. The number of nitrogens with one attached hydrogen (secondary N) is 4. The molecule has 4 amide bonds. The normalized spacial score (nSPS) is 19.2. The minimum atomic E-state index is -1.04. The maximum absolute atomic E-state index is 13.2. The third-order valence-corrected chi connectivity index (χ3v) is 6.13. The van der Waals surface area contributed by atoms with Crippen molar-refractivity contribution in [3.63, 3.8) is 0 Å². The Morgan fingerprint density at radius 2 is 0.774 bits per heavy atom. The van der Waals surface area contributed by atoms with E-state index in [4.69, 9.17) is 33.2 Å². The van der Waals surface area contributed by atoms with Gasteiger partial charge in [-0.1, -0.05) is 12.2 Å². The van der Waals surface area contributed by atoms with Gasteiger partial charge < -0.3 is 33.2 Å². The van der Waals surface area contributed by atoms with Crippen molar-refractivity contribution in [2.24, 2.45) is 21.8 Å². The number of alkyl carbamates (subject to hydrolysis) is 4. The number of carbonyl (C=O) groups excluding carboxylic acids is 6. The zero-order valence-electron chi connectivity index (χ0n) is 32.5. The van der Waals surface area contributed by atoms with Crippen LogP contribution in [0, 0.1) is 11.8 Å². The first-order chi connectivity index (χ1) is 24.2. The van der Waals surface area contributed by atoms with Crippen molar-refractivity contribution in [2.75, 3.05) is 26.3 Å². The van der Waals surface area contributed by atoms with Crippen LogP contribution in [-0.4, -0.2) is 109 Å². The van der Waals surface area contributed by atoms with Gasteiger partial charge in [0, 0.05) is 0 Å². The quantitative estimate of drug-likeness (QED) is 0.0694. The molecule has 298 valence electrons. The Balaban J connectivity index is 2.04. The largest absolute Gasteiger partial charge is 0.463 e. The van der Waals surface area contributed by atoms with Gasteiger partial charge in [-0.2, -0.15) is 0 Å². The van der Waals surface area contributed by atoms with E-state index in [1.165, 1.54) is 0 Å². The first-order valence-electron chi connectivity index (χ1n) is 17.0. The molecule has 2 bridgehead atoms. The molecule has 0 aromatic rings. The van der Waals surface area contributed by atoms with Crippen LogP contribution in [-0.2, 0) is 42.7 Å². The number of carbonyl (C=O) groups is 6. The molecule has 19 heteroatoms. The number of hydrogen-bond donors (Lipinski definition) is 4. The molecule has 1 fully saturated rings. The van der Waals surface area contributed by atoms with Gasteiger partial charge in [-0.25, -0.2) is 29.2 Å². The van der Waals surface area contributed by atoms with Gasteiger partial charge in [0.2, 0.25) is 11.9 Å². The summed E-state index contributed by atoms with van der Waals surface area (Å²) in [6.45, 7) is 18.9. The maximum Gasteiger partial charge on any atom is 0.414 e. The Kier molecular flexibility index (Phi) is 15.2. The summed E-state index contributed by atoms with van der Waals surface area (Å²) in [6.07, 6.45) is -1.76. The topological polar surface area (TPSA) is 240 Å². The summed E-state index contributed by atoms with van der Waals surface area (Å²) in [5, 5.41) is 9.31. The molecule has 4 N–H and O–H groups in total. The van der Waals surface area contributed by atoms with E-state index < -0.39 is 82.8 Å². The number of ether oxygens (including phenoxy) is 7. The lowest BCUT2D eigenvalue weighted by Gasteiger charge is -2.23. The summed E-state index contributed by atoms with van der Waals surface area (Å²) in [5.74, 6) is -4.20. The highest BCUT2D eigenvalue weighted by Crippen LogP contribution is 2.40. The van der Waals surface area contributed by atoms with E-state index >= 15 is 0 Å². The Morgan fingerprint density at radius 3 is 1.02 bits per heavy atom. The fraction of sp³-hybridized carbons (Fsp3) is 0.706. The second-order valence-electron chi connectivity index (χ2n) is 15.8. The van der Waals surface area contributed by atoms with E-state index in [1.807, 2.05) is 0 Å². The van der Waals surface area contributed by atoms with Crippen LogP contribution in [0.2, 0.25) is 0 Å². The van der Waals surface area contributed by atoms with E-state index in [0.717, 1.165) is 0 Å².